The van der Waals surface area contributed by atoms with Crippen LogP contribution in [0.2, 0.25) is 0 Å². The first kappa shape index (κ1) is 16.3. The zero-order chi connectivity index (χ0) is 16.6. The van der Waals surface area contributed by atoms with Crippen molar-refractivity contribution < 1.29 is 14.4 Å². The lowest BCUT2D eigenvalue weighted by Crippen LogP contribution is -2.54. The summed E-state index contributed by atoms with van der Waals surface area (Å²) in [6, 6.07) is -0.400. The van der Waals surface area contributed by atoms with Crippen LogP contribution in [0.3, 0.4) is 0 Å². The van der Waals surface area contributed by atoms with Crippen molar-refractivity contribution in [2.24, 2.45) is 11.8 Å². The largest absolute Gasteiger partial charge is 0.341 e. The van der Waals surface area contributed by atoms with Crippen LogP contribution in [-0.4, -0.2) is 52.8 Å². The van der Waals surface area contributed by atoms with Gasteiger partial charge in [-0.1, -0.05) is 26.7 Å². The molecule has 23 heavy (non-hydrogen) atoms. The van der Waals surface area contributed by atoms with E-state index in [4.69, 9.17) is 0 Å². The van der Waals surface area contributed by atoms with E-state index < -0.39 is 11.6 Å². The number of piperidine rings is 1. The van der Waals surface area contributed by atoms with Crippen molar-refractivity contribution in [3.63, 3.8) is 0 Å². The van der Waals surface area contributed by atoms with E-state index in [1.807, 2.05) is 6.92 Å². The molecule has 0 radical (unpaired) electrons. The van der Waals surface area contributed by atoms with Crippen molar-refractivity contribution in [2.45, 2.75) is 57.9 Å². The van der Waals surface area contributed by atoms with Gasteiger partial charge in [0, 0.05) is 13.1 Å². The maximum atomic E-state index is 12.8. The minimum atomic E-state index is -0.772. The van der Waals surface area contributed by atoms with E-state index in [2.05, 4.69) is 12.2 Å². The topological polar surface area (TPSA) is 69.7 Å². The van der Waals surface area contributed by atoms with Gasteiger partial charge in [0.05, 0.1) is 0 Å². The lowest BCUT2D eigenvalue weighted by Gasteiger charge is -2.37. The Morgan fingerprint density at radius 1 is 1.17 bits per heavy atom. The van der Waals surface area contributed by atoms with Gasteiger partial charge in [0.15, 0.2) is 0 Å². The van der Waals surface area contributed by atoms with Gasteiger partial charge < -0.3 is 10.2 Å². The highest BCUT2D eigenvalue weighted by Gasteiger charge is 2.55. The maximum absolute atomic E-state index is 12.8. The molecule has 1 saturated carbocycles. The highest BCUT2D eigenvalue weighted by molar-refractivity contribution is 6.09. The Morgan fingerprint density at radius 3 is 2.52 bits per heavy atom. The highest BCUT2D eigenvalue weighted by atomic mass is 16.2. The summed E-state index contributed by atoms with van der Waals surface area (Å²) in [5, 5.41) is 2.90. The van der Waals surface area contributed by atoms with E-state index >= 15 is 0 Å². The Hall–Kier alpha value is -1.59. The van der Waals surface area contributed by atoms with Gasteiger partial charge in [-0.3, -0.25) is 14.5 Å². The van der Waals surface area contributed by atoms with Crippen LogP contribution in [0.25, 0.3) is 0 Å². The van der Waals surface area contributed by atoms with Gasteiger partial charge in [-0.15, -0.1) is 0 Å². The Kier molecular flexibility index (Phi) is 4.34. The molecule has 3 fully saturated rings. The first-order valence-electron chi connectivity index (χ1n) is 8.86. The SMILES string of the molecule is CC1CCN(C(=O)CN2C(=O)N[C@@]3(CCCC[C@@H]3C)C2=O)CC1. The zero-order valence-corrected chi connectivity index (χ0v) is 14.1. The van der Waals surface area contributed by atoms with Crippen molar-refractivity contribution in [1.29, 1.82) is 0 Å². The molecule has 1 spiro atoms. The Bertz CT molecular complexity index is 513. The molecule has 0 aromatic rings. The summed E-state index contributed by atoms with van der Waals surface area (Å²) in [4.78, 5) is 40.5. The van der Waals surface area contributed by atoms with Crippen molar-refractivity contribution in [1.82, 2.24) is 15.1 Å². The van der Waals surface area contributed by atoms with Gasteiger partial charge in [-0.25, -0.2) is 4.79 Å². The summed E-state index contributed by atoms with van der Waals surface area (Å²) < 4.78 is 0. The molecule has 6 nitrogen and oxygen atoms in total. The standard InChI is InChI=1S/C17H27N3O3/c1-12-6-9-19(10-7-12)14(21)11-20-15(22)17(18-16(20)23)8-4-3-5-13(17)2/h12-13H,3-11H2,1-2H3,(H,18,23)/t13-,17+/m0/s1. The molecule has 0 unspecified atom stereocenters. The van der Waals surface area contributed by atoms with E-state index in [0.29, 0.717) is 12.3 Å². The average Bonchev–Trinajstić information content (AvgIpc) is 2.76. The predicted molar refractivity (Wildman–Crippen MR) is 85.6 cm³/mol. The van der Waals surface area contributed by atoms with Gasteiger partial charge in [0.25, 0.3) is 5.91 Å². The molecule has 2 aliphatic heterocycles. The number of carbonyl (C=O) groups is 3. The number of hydrogen-bond acceptors (Lipinski definition) is 3. The van der Waals surface area contributed by atoms with Crippen LogP contribution >= 0.6 is 0 Å². The van der Waals surface area contributed by atoms with Crippen LogP contribution in [-0.2, 0) is 9.59 Å². The number of rotatable bonds is 2. The minimum absolute atomic E-state index is 0.110. The van der Waals surface area contributed by atoms with Crippen LogP contribution in [0.4, 0.5) is 4.79 Å². The number of hydrogen-bond donors (Lipinski definition) is 1. The molecule has 2 atom stereocenters. The molecule has 1 N–H and O–H groups in total. The Morgan fingerprint density at radius 2 is 1.87 bits per heavy atom. The van der Waals surface area contributed by atoms with Crippen LogP contribution in [0, 0.1) is 11.8 Å². The summed E-state index contributed by atoms with van der Waals surface area (Å²) >= 11 is 0. The van der Waals surface area contributed by atoms with Crippen LogP contribution in [0.1, 0.15) is 52.4 Å². The molecule has 1 aliphatic carbocycles. The molecule has 0 aromatic heterocycles. The number of imide groups is 1. The van der Waals surface area contributed by atoms with Gasteiger partial charge >= 0.3 is 6.03 Å². The van der Waals surface area contributed by atoms with Gasteiger partial charge in [-0.05, 0) is 37.5 Å². The molecule has 0 aromatic carbocycles. The second kappa shape index (κ2) is 6.13. The number of carbonyl (C=O) groups excluding carboxylic acids is 3. The third-order valence-electron chi connectivity index (χ3n) is 5.93. The lowest BCUT2D eigenvalue weighted by molar-refractivity contribution is -0.141. The van der Waals surface area contributed by atoms with Crippen molar-refractivity contribution in [2.75, 3.05) is 19.6 Å². The summed E-state index contributed by atoms with van der Waals surface area (Å²) in [7, 11) is 0. The van der Waals surface area contributed by atoms with Gasteiger partial charge in [0.2, 0.25) is 5.91 Å². The first-order chi connectivity index (χ1) is 10.9. The molecule has 2 heterocycles. The average molecular weight is 321 g/mol. The third-order valence-corrected chi connectivity index (χ3v) is 5.93. The molecule has 3 aliphatic rings. The van der Waals surface area contributed by atoms with E-state index in [0.717, 1.165) is 50.1 Å². The fraction of sp³-hybridized carbons (Fsp3) is 0.824. The summed E-state index contributed by atoms with van der Waals surface area (Å²) in [5.41, 5.74) is -0.772. The minimum Gasteiger partial charge on any atom is -0.341 e. The van der Waals surface area contributed by atoms with Gasteiger partial charge in [0.1, 0.15) is 12.1 Å². The second-order valence-electron chi connectivity index (χ2n) is 7.50. The monoisotopic (exact) mass is 321 g/mol. The molecular formula is C17H27N3O3. The van der Waals surface area contributed by atoms with Crippen molar-refractivity contribution in [3.8, 4) is 0 Å². The van der Waals surface area contributed by atoms with E-state index in [1.54, 1.807) is 4.90 Å². The van der Waals surface area contributed by atoms with E-state index in [-0.39, 0.29) is 24.3 Å². The number of amides is 4. The molecular weight excluding hydrogens is 294 g/mol. The second-order valence-corrected chi connectivity index (χ2v) is 7.50. The summed E-state index contributed by atoms with van der Waals surface area (Å²) in [5.74, 6) is 0.458. The van der Waals surface area contributed by atoms with Gasteiger partial charge in [-0.2, -0.15) is 0 Å². The van der Waals surface area contributed by atoms with Crippen LogP contribution in [0.5, 0.6) is 0 Å². The Balaban J connectivity index is 1.67. The highest BCUT2D eigenvalue weighted by Crippen LogP contribution is 2.38. The van der Waals surface area contributed by atoms with E-state index in [1.165, 1.54) is 0 Å². The smallest absolute Gasteiger partial charge is 0.325 e. The normalized spacial score (nSPS) is 32.5. The first-order valence-corrected chi connectivity index (χ1v) is 8.86. The fourth-order valence-electron chi connectivity index (χ4n) is 4.13. The molecule has 2 saturated heterocycles. The number of urea groups is 1. The molecule has 4 amide bonds. The summed E-state index contributed by atoms with van der Waals surface area (Å²) in [6.45, 7) is 5.55. The van der Waals surface area contributed by atoms with Crippen molar-refractivity contribution in [3.05, 3.63) is 0 Å². The fourth-order valence-corrected chi connectivity index (χ4v) is 4.13. The number of likely N-dealkylation sites (tertiary alicyclic amines) is 1. The van der Waals surface area contributed by atoms with Crippen LogP contribution in [0.15, 0.2) is 0 Å². The summed E-state index contributed by atoms with van der Waals surface area (Å²) in [6.07, 6.45) is 5.65. The molecule has 6 heteroatoms. The zero-order valence-electron chi connectivity index (χ0n) is 14.1. The maximum Gasteiger partial charge on any atom is 0.325 e. The van der Waals surface area contributed by atoms with E-state index in [9.17, 15) is 14.4 Å². The number of nitrogens with zero attached hydrogens (tertiary/aromatic N) is 2. The number of nitrogens with one attached hydrogen (secondary N) is 1. The molecule has 128 valence electrons. The lowest BCUT2D eigenvalue weighted by atomic mass is 9.73. The quantitative estimate of drug-likeness (QED) is 0.788. The predicted octanol–water partition coefficient (Wildman–Crippen LogP) is 1.75. The van der Waals surface area contributed by atoms with Crippen LogP contribution < -0.4 is 5.32 Å². The molecule has 3 rings (SSSR count). The third kappa shape index (κ3) is 2.83. The molecule has 0 bridgehead atoms. The van der Waals surface area contributed by atoms with Crippen molar-refractivity contribution >= 4 is 17.8 Å². The Labute approximate surface area is 137 Å².